The van der Waals surface area contributed by atoms with Crippen molar-refractivity contribution in [2.24, 2.45) is 0 Å². The molecule has 1 atom stereocenters. The smallest absolute Gasteiger partial charge is 0.339 e. The van der Waals surface area contributed by atoms with Gasteiger partial charge in [-0.25, -0.2) is 4.79 Å². The van der Waals surface area contributed by atoms with Crippen molar-refractivity contribution in [3.8, 4) is 0 Å². The number of benzene rings is 1. The summed E-state index contributed by atoms with van der Waals surface area (Å²) in [4.78, 5) is 12.8. The Bertz CT molecular complexity index is 516. The average Bonchev–Trinajstić information content (AvgIpc) is 2.90. The number of ether oxygens (including phenoxy) is 1. The van der Waals surface area contributed by atoms with Gasteiger partial charge < -0.3 is 4.74 Å². The average molecular weight is 230 g/mol. The van der Waals surface area contributed by atoms with Crippen LogP contribution in [-0.4, -0.2) is 5.97 Å². The van der Waals surface area contributed by atoms with Gasteiger partial charge in [0.15, 0.2) is 0 Å². The summed E-state index contributed by atoms with van der Waals surface area (Å²) in [7, 11) is 0. The van der Waals surface area contributed by atoms with Crippen LogP contribution in [0.5, 0.6) is 0 Å². The number of esters is 1. The lowest BCUT2D eigenvalue weighted by atomic mass is 10.0. The third-order valence-corrected chi connectivity index (χ3v) is 3.64. The second-order valence-corrected chi connectivity index (χ2v) is 4.80. The fraction of sp³-hybridized carbons (Fsp3) is 0.154. The molecule has 0 bridgehead atoms. The molecular weight excluding hydrogens is 220 g/mol. The van der Waals surface area contributed by atoms with E-state index in [2.05, 4.69) is 6.07 Å². The molecule has 1 aromatic carbocycles. The van der Waals surface area contributed by atoms with E-state index in [1.165, 1.54) is 4.88 Å². The summed E-state index contributed by atoms with van der Waals surface area (Å²) in [5, 5.41) is 2.04. The largest absolute Gasteiger partial charge is 0.453 e. The summed E-state index contributed by atoms with van der Waals surface area (Å²) in [5.41, 5.74) is 1.73. The van der Waals surface area contributed by atoms with Crippen LogP contribution in [0.25, 0.3) is 0 Å². The first kappa shape index (κ1) is 9.60. The monoisotopic (exact) mass is 230 g/mol. The lowest BCUT2D eigenvalue weighted by Crippen LogP contribution is -2.01. The van der Waals surface area contributed by atoms with Crippen LogP contribution in [0.4, 0.5) is 0 Å². The Hall–Kier alpha value is -1.61. The molecule has 2 heterocycles. The van der Waals surface area contributed by atoms with E-state index >= 15 is 0 Å². The fourth-order valence-corrected chi connectivity index (χ4v) is 2.72. The number of rotatable bonds is 2. The molecule has 0 saturated heterocycles. The number of cyclic esters (lactones) is 1. The molecule has 0 amide bonds. The third kappa shape index (κ3) is 1.53. The highest BCUT2D eigenvalue weighted by molar-refractivity contribution is 7.09. The SMILES string of the molecule is O=C1OC(Cc2cccs2)c2ccccc21. The van der Waals surface area contributed by atoms with Crippen molar-refractivity contribution in [3.63, 3.8) is 0 Å². The van der Waals surface area contributed by atoms with Gasteiger partial charge in [0.05, 0.1) is 5.56 Å². The molecule has 1 aliphatic heterocycles. The van der Waals surface area contributed by atoms with E-state index in [4.69, 9.17) is 4.74 Å². The van der Waals surface area contributed by atoms with E-state index in [9.17, 15) is 4.79 Å². The Morgan fingerprint density at radius 1 is 1.19 bits per heavy atom. The van der Waals surface area contributed by atoms with Crippen LogP contribution in [0.2, 0.25) is 0 Å². The minimum Gasteiger partial charge on any atom is -0.453 e. The molecule has 0 radical (unpaired) electrons. The van der Waals surface area contributed by atoms with E-state index in [-0.39, 0.29) is 12.1 Å². The van der Waals surface area contributed by atoms with Crippen LogP contribution in [0.1, 0.15) is 26.9 Å². The van der Waals surface area contributed by atoms with Crippen molar-refractivity contribution in [1.29, 1.82) is 0 Å². The molecule has 2 nitrogen and oxygen atoms in total. The van der Waals surface area contributed by atoms with E-state index in [1.54, 1.807) is 11.3 Å². The summed E-state index contributed by atoms with van der Waals surface area (Å²) in [6, 6.07) is 11.7. The molecule has 1 aromatic heterocycles. The molecule has 0 fully saturated rings. The minimum atomic E-state index is -0.197. The van der Waals surface area contributed by atoms with E-state index in [1.807, 2.05) is 35.7 Å². The highest BCUT2D eigenvalue weighted by atomic mass is 32.1. The van der Waals surface area contributed by atoms with Crippen molar-refractivity contribution in [2.45, 2.75) is 12.5 Å². The predicted octanol–water partition coefficient (Wildman–Crippen LogP) is 3.20. The quantitative estimate of drug-likeness (QED) is 0.740. The number of carbonyl (C=O) groups excluding carboxylic acids is 1. The molecular formula is C13H10O2S. The fourth-order valence-electron chi connectivity index (χ4n) is 1.98. The molecule has 16 heavy (non-hydrogen) atoms. The van der Waals surface area contributed by atoms with Crippen molar-refractivity contribution in [3.05, 3.63) is 57.8 Å². The van der Waals surface area contributed by atoms with Crippen LogP contribution >= 0.6 is 11.3 Å². The molecule has 1 aliphatic rings. The van der Waals surface area contributed by atoms with Crippen LogP contribution < -0.4 is 0 Å². The minimum absolute atomic E-state index is 0.109. The Labute approximate surface area is 97.5 Å². The summed E-state index contributed by atoms with van der Waals surface area (Å²) in [6.45, 7) is 0. The van der Waals surface area contributed by atoms with Gasteiger partial charge in [0.2, 0.25) is 0 Å². The summed E-state index contributed by atoms with van der Waals surface area (Å²) in [6.07, 6.45) is 0.669. The number of thiophene rings is 1. The predicted molar refractivity (Wildman–Crippen MR) is 62.6 cm³/mol. The summed E-state index contributed by atoms with van der Waals surface area (Å²) >= 11 is 1.69. The Morgan fingerprint density at radius 2 is 2.06 bits per heavy atom. The van der Waals surface area contributed by atoms with Crippen molar-refractivity contribution in [1.82, 2.24) is 0 Å². The molecule has 0 N–H and O–H groups in total. The first-order chi connectivity index (χ1) is 7.84. The molecule has 80 valence electrons. The summed E-state index contributed by atoms with van der Waals surface area (Å²) < 4.78 is 5.37. The molecule has 2 aromatic rings. The first-order valence-corrected chi connectivity index (χ1v) is 6.05. The number of hydrogen-bond donors (Lipinski definition) is 0. The van der Waals surface area contributed by atoms with Gasteiger partial charge in [0.1, 0.15) is 6.10 Å². The lowest BCUT2D eigenvalue weighted by Gasteiger charge is -2.08. The van der Waals surface area contributed by atoms with Crippen LogP contribution in [0.15, 0.2) is 41.8 Å². The second kappa shape index (κ2) is 3.76. The Morgan fingerprint density at radius 3 is 2.88 bits per heavy atom. The standard InChI is InChI=1S/C13H10O2S/c14-13-11-6-2-1-5-10(11)12(15-13)8-9-4-3-7-16-9/h1-7,12H,8H2. The molecule has 0 saturated carbocycles. The number of hydrogen-bond acceptors (Lipinski definition) is 3. The topological polar surface area (TPSA) is 26.3 Å². The zero-order valence-electron chi connectivity index (χ0n) is 8.55. The zero-order chi connectivity index (χ0) is 11.0. The Kier molecular flexibility index (Phi) is 2.26. The van der Waals surface area contributed by atoms with Gasteiger partial charge >= 0.3 is 5.97 Å². The number of fused-ring (bicyclic) bond motifs is 1. The molecule has 3 heteroatoms. The van der Waals surface area contributed by atoms with Gasteiger partial charge in [-0.15, -0.1) is 11.3 Å². The van der Waals surface area contributed by atoms with Crippen molar-refractivity contribution >= 4 is 17.3 Å². The van der Waals surface area contributed by atoms with Crippen LogP contribution in [0, 0.1) is 0 Å². The molecule has 0 spiro atoms. The highest BCUT2D eigenvalue weighted by Crippen LogP contribution is 2.33. The van der Waals surface area contributed by atoms with Gasteiger partial charge in [0, 0.05) is 16.9 Å². The maximum atomic E-state index is 11.6. The van der Waals surface area contributed by atoms with Gasteiger partial charge in [-0.1, -0.05) is 24.3 Å². The van der Waals surface area contributed by atoms with E-state index < -0.39 is 0 Å². The van der Waals surface area contributed by atoms with Crippen LogP contribution in [0.3, 0.4) is 0 Å². The second-order valence-electron chi connectivity index (χ2n) is 3.76. The highest BCUT2D eigenvalue weighted by Gasteiger charge is 2.30. The Balaban J connectivity index is 1.92. The van der Waals surface area contributed by atoms with Gasteiger partial charge in [-0.2, -0.15) is 0 Å². The molecule has 0 aliphatic carbocycles. The van der Waals surface area contributed by atoms with Crippen molar-refractivity contribution < 1.29 is 9.53 Å². The molecule has 3 rings (SSSR count). The van der Waals surface area contributed by atoms with E-state index in [0.29, 0.717) is 5.56 Å². The first-order valence-electron chi connectivity index (χ1n) is 5.17. The normalized spacial score (nSPS) is 18.2. The third-order valence-electron chi connectivity index (χ3n) is 2.74. The maximum Gasteiger partial charge on any atom is 0.339 e. The molecule has 1 unspecified atom stereocenters. The zero-order valence-corrected chi connectivity index (χ0v) is 9.37. The summed E-state index contributed by atoms with van der Waals surface area (Å²) in [5.74, 6) is -0.197. The lowest BCUT2D eigenvalue weighted by molar-refractivity contribution is 0.0388. The maximum absolute atomic E-state index is 11.6. The van der Waals surface area contributed by atoms with E-state index in [0.717, 1.165) is 12.0 Å². The van der Waals surface area contributed by atoms with Gasteiger partial charge in [-0.3, -0.25) is 0 Å². The van der Waals surface area contributed by atoms with Crippen molar-refractivity contribution in [2.75, 3.05) is 0 Å². The van der Waals surface area contributed by atoms with Gasteiger partial charge in [-0.05, 0) is 17.5 Å². The van der Waals surface area contributed by atoms with Gasteiger partial charge in [0.25, 0.3) is 0 Å². The number of carbonyl (C=O) groups is 1. The van der Waals surface area contributed by atoms with Crippen LogP contribution in [-0.2, 0) is 11.2 Å².